The van der Waals surface area contributed by atoms with Gasteiger partial charge in [0.05, 0.1) is 5.75 Å². The van der Waals surface area contributed by atoms with Gasteiger partial charge < -0.3 is 15.4 Å². The Balaban J connectivity index is 1.21. The Morgan fingerprint density at radius 2 is 1.26 bits per heavy atom. The molecule has 0 aliphatic rings. The summed E-state index contributed by atoms with van der Waals surface area (Å²) in [7, 11) is 0. The smallest absolute Gasteiger partial charge is 0.248 e. The van der Waals surface area contributed by atoms with Gasteiger partial charge in [-0.25, -0.2) is 0 Å². The highest BCUT2D eigenvalue weighted by atomic mass is 32.2. The zero-order chi connectivity index (χ0) is 24.3. The molecule has 0 saturated carbocycles. The number of benzene rings is 4. The normalized spacial score (nSPS) is 10.6. The highest BCUT2D eigenvalue weighted by Crippen LogP contribution is 2.24. The number of nitrogens with one attached hydrogen (secondary N) is 2. The van der Waals surface area contributed by atoms with Crippen molar-refractivity contribution in [3.63, 3.8) is 0 Å². The molecule has 2 amide bonds. The number of para-hydroxylation sites is 1. The Bertz CT molecular complexity index is 1270. The monoisotopic (exact) mass is 480 g/mol. The molecule has 0 fully saturated rings. The molecule has 2 N–H and O–H groups in total. The van der Waals surface area contributed by atoms with Crippen molar-refractivity contribution in [1.29, 1.82) is 0 Å². The SMILES string of the molecule is O=C(/C=C/c1ccccc1)Nc1ccc(SCC(=O)Nc2ccc(Oc3ccccc3)cc2)cc1. The van der Waals surface area contributed by atoms with Crippen molar-refractivity contribution < 1.29 is 14.3 Å². The van der Waals surface area contributed by atoms with E-state index >= 15 is 0 Å². The van der Waals surface area contributed by atoms with Gasteiger partial charge in [0.15, 0.2) is 0 Å². The topological polar surface area (TPSA) is 67.4 Å². The number of hydrogen-bond donors (Lipinski definition) is 2. The molecule has 0 atom stereocenters. The van der Waals surface area contributed by atoms with E-state index in [9.17, 15) is 9.59 Å². The zero-order valence-electron chi connectivity index (χ0n) is 18.9. The lowest BCUT2D eigenvalue weighted by Crippen LogP contribution is -2.13. The Kier molecular flexibility index (Phi) is 8.35. The van der Waals surface area contributed by atoms with E-state index in [2.05, 4.69) is 10.6 Å². The lowest BCUT2D eigenvalue weighted by Gasteiger charge is -2.08. The fourth-order valence-corrected chi connectivity index (χ4v) is 3.83. The molecule has 4 aromatic rings. The third kappa shape index (κ3) is 7.91. The maximum atomic E-state index is 12.3. The number of thioether (sulfide) groups is 1. The molecule has 6 heteroatoms. The van der Waals surface area contributed by atoms with Gasteiger partial charge in [0, 0.05) is 22.3 Å². The van der Waals surface area contributed by atoms with E-state index in [1.54, 1.807) is 6.08 Å². The van der Waals surface area contributed by atoms with Gasteiger partial charge in [-0.05, 0) is 72.3 Å². The van der Waals surface area contributed by atoms with Gasteiger partial charge in [-0.2, -0.15) is 0 Å². The third-order valence-electron chi connectivity index (χ3n) is 4.84. The summed E-state index contributed by atoms with van der Waals surface area (Å²) >= 11 is 1.42. The molecule has 174 valence electrons. The molecule has 4 rings (SSSR count). The first-order valence-electron chi connectivity index (χ1n) is 11.0. The van der Waals surface area contributed by atoms with Crippen LogP contribution in [0.4, 0.5) is 11.4 Å². The summed E-state index contributed by atoms with van der Waals surface area (Å²) in [6, 6.07) is 33.8. The zero-order valence-corrected chi connectivity index (χ0v) is 19.7. The second kappa shape index (κ2) is 12.3. The Hall–Kier alpha value is -4.29. The minimum absolute atomic E-state index is 0.102. The van der Waals surface area contributed by atoms with Crippen molar-refractivity contribution in [3.8, 4) is 11.5 Å². The molecule has 0 spiro atoms. The van der Waals surface area contributed by atoms with Crippen LogP contribution in [0.5, 0.6) is 11.5 Å². The summed E-state index contributed by atoms with van der Waals surface area (Å²) in [5.41, 5.74) is 2.36. The molecule has 0 radical (unpaired) electrons. The van der Waals surface area contributed by atoms with Crippen LogP contribution < -0.4 is 15.4 Å². The molecule has 4 aromatic carbocycles. The predicted octanol–water partition coefficient (Wildman–Crippen LogP) is 6.86. The van der Waals surface area contributed by atoms with Crippen LogP contribution in [-0.4, -0.2) is 17.6 Å². The fourth-order valence-electron chi connectivity index (χ4n) is 3.13. The van der Waals surface area contributed by atoms with E-state index < -0.39 is 0 Å². The minimum atomic E-state index is -0.200. The van der Waals surface area contributed by atoms with E-state index in [1.807, 2.05) is 109 Å². The Labute approximate surface area is 208 Å². The Morgan fingerprint density at radius 3 is 1.94 bits per heavy atom. The number of anilines is 2. The maximum absolute atomic E-state index is 12.3. The van der Waals surface area contributed by atoms with E-state index in [-0.39, 0.29) is 17.6 Å². The van der Waals surface area contributed by atoms with Crippen LogP contribution in [0.1, 0.15) is 5.56 Å². The highest BCUT2D eigenvalue weighted by Gasteiger charge is 2.06. The summed E-state index contributed by atoms with van der Waals surface area (Å²) in [4.78, 5) is 25.4. The van der Waals surface area contributed by atoms with Crippen LogP contribution in [-0.2, 0) is 9.59 Å². The van der Waals surface area contributed by atoms with Crippen LogP contribution in [0.15, 0.2) is 120 Å². The van der Waals surface area contributed by atoms with E-state index in [0.29, 0.717) is 17.1 Å². The molecule has 0 bridgehead atoms. The minimum Gasteiger partial charge on any atom is -0.457 e. The summed E-state index contributed by atoms with van der Waals surface area (Å²) in [6.45, 7) is 0. The lowest BCUT2D eigenvalue weighted by molar-refractivity contribution is -0.114. The fraction of sp³-hybridized carbons (Fsp3) is 0.0345. The maximum Gasteiger partial charge on any atom is 0.248 e. The quantitative estimate of drug-likeness (QED) is 0.203. The first-order valence-corrected chi connectivity index (χ1v) is 12.0. The number of hydrogen-bond acceptors (Lipinski definition) is 4. The van der Waals surface area contributed by atoms with Gasteiger partial charge in [-0.3, -0.25) is 9.59 Å². The van der Waals surface area contributed by atoms with Crippen molar-refractivity contribution in [2.45, 2.75) is 4.90 Å². The molecule has 0 heterocycles. The molecule has 0 aliphatic heterocycles. The van der Waals surface area contributed by atoms with Gasteiger partial charge >= 0.3 is 0 Å². The van der Waals surface area contributed by atoms with Crippen LogP contribution >= 0.6 is 11.8 Å². The number of carbonyl (C=O) groups is 2. The number of amides is 2. The summed E-state index contributed by atoms with van der Waals surface area (Å²) in [5.74, 6) is 1.43. The summed E-state index contributed by atoms with van der Waals surface area (Å²) in [5, 5.41) is 5.72. The van der Waals surface area contributed by atoms with Gasteiger partial charge in [-0.15, -0.1) is 11.8 Å². The highest BCUT2D eigenvalue weighted by molar-refractivity contribution is 8.00. The number of ether oxygens (including phenoxy) is 1. The first kappa shape index (κ1) is 23.9. The van der Waals surface area contributed by atoms with Gasteiger partial charge in [0.1, 0.15) is 11.5 Å². The number of carbonyl (C=O) groups excluding carboxylic acids is 2. The average Bonchev–Trinajstić information content (AvgIpc) is 2.89. The number of rotatable bonds is 9. The van der Waals surface area contributed by atoms with Crippen molar-refractivity contribution in [2.75, 3.05) is 16.4 Å². The van der Waals surface area contributed by atoms with Crippen molar-refractivity contribution in [3.05, 3.63) is 121 Å². The first-order chi connectivity index (χ1) is 17.1. The van der Waals surface area contributed by atoms with Gasteiger partial charge in [-0.1, -0.05) is 48.5 Å². The summed E-state index contributed by atoms with van der Waals surface area (Å²) < 4.78 is 5.76. The molecular formula is C29H24N2O3S. The molecular weight excluding hydrogens is 456 g/mol. The van der Waals surface area contributed by atoms with Crippen molar-refractivity contribution in [2.24, 2.45) is 0 Å². The van der Waals surface area contributed by atoms with Crippen LogP contribution in [0, 0.1) is 0 Å². The summed E-state index contributed by atoms with van der Waals surface area (Å²) in [6.07, 6.45) is 3.27. The van der Waals surface area contributed by atoms with Gasteiger partial charge in [0.25, 0.3) is 0 Å². The van der Waals surface area contributed by atoms with Crippen LogP contribution in [0.25, 0.3) is 6.08 Å². The van der Waals surface area contributed by atoms with Crippen LogP contribution in [0.3, 0.4) is 0 Å². The molecule has 0 aromatic heterocycles. The van der Waals surface area contributed by atoms with E-state index in [0.717, 1.165) is 16.2 Å². The second-order valence-electron chi connectivity index (χ2n) is 7.53. The second-order valence-corrected chi connectivity index (χ2v) is 8.58. The van der Waals surface area contributed by atoms with E-state index in [4.69, 9.17) is 4.74 Å². The van der Waals surface area contributed by atoms with E-state index in [1.165, 1.54) is 17.8 Å². The standard InChI is InChI=1S/C29H24N2O3S/c32-28(20-11-22-7-3-1-4-8-22)30-24-14-18-27(19-15-24)35-21-29(33)31-23-12-16-26(17-13-23)34-25-9-5-2-6-10-25/h1-20H,21H2,(H,30,32)(H,31,33)/b20-11+. The molecule has 0 aliphatic carbocycles. The molecule has 0 unspecified atom stereocenters. The van der Waals surface area contributed by atoms with Crippen molar-refractivity contribution >= 4 is 41.0 Å². The van der Waals surface area contributed by atoms with Crippen molar-refractivity contribution in [1.82, 2.24) is 0 Å². The molecule has 0 saturated heterocycles. The molecule has 5 nitrogen and oxygen atoms in total. The molecule has 35 heavy (non-hydrogen) atoms. The van der Waals surface area contributed by atoms with Gasteiger partial charge in [0.2, 0.25) is 11.8 Å². The predicted molar refractivity (Wildman–Crippen MR) is 143 cm³/mol. The average molecular weight is 481 g/mol. The largest absolute Gasteiger partial charge is 0.457 e. The lowest BCUT2D eigenvalue weighted by atomic mass is 10.2. The Morgan fingerprint density at radius 1 is 0.686 bits per heavy atom. The third-order valence-corrected chi connectivity index (χ3v) is 5.85. The van der Waals surface area contributed by atoms with Crippen LogP contribution in [0.2, 0.25) is 0 Å².